The highest BCUT2D eigenvalue weighted by Crippen LogP contribution is 2.24. The Balaban J connectivity index is 2.07. The summed E-state index contributed by atoms with van der Waals surface area (Å²) in [5, 5.41) is 3.40. The number of para-hydroxylation sites is 1. The van der Waals surface area contributed by atoms with Crippen LogP contribution in [0, 0.1) is 12.3 Å². The lowest BCUT2D eigenvalue weighted by molar-refractivity contribution is 0.243. The van der Waals surface area contributed by atoms with Crippen molar-refractivity contribution in [1.29, 1.82) is 0 Å². The molecule has 0 amide bonds. The molecule has 1 N–H and O–H groups in total. The molecule has 1 heterocycles. The van der Waals surface area contributed by atoms with E-state index < -0.39 is 9.84 Å². The Morgan fingerprint density at radius 1 is 1.33 bits per heavy atom. The predicted molar refractivity (Wildman–Crippen MR) is 86.1 cm³/mol. The third kappa shape index (κ3) is 3.99. The second kappa shape index (κ2) is 6.97. The van der Waals surface area contributed by atoms with Gasteiger partial charge in [-0.15, -0.1) is 6.42 Å². The summed E-state index contributed by atoms with van der Waals surface area (Å²) in [6.07, 6.45) is 7.28. The molecule has 0 atom stereocenters. The van der Waals surface area contributed by atoms with E-state index in [-0.39, 0.29) is 5.75 Å². The molecule has 1 saturated heterocycles. The van der Waals surface area contributed by atoms with Crippen LogP contribution in [0.1, 0.15) is 19.8 Å². The van der Waals surface area contributed by atoms with Crippen molar-refractivity contribution in [2.75, 3.05) is 30.7 Å². The number of likely N-dealkylation sites (tertiary alicyclic amines) is 1. The average Bonchev–Trinajstić information content (AvgIpc) is 2.50. The first-order valence-corrected chi connectivity index (χ1v) is 8.96. The van der Waals surface area contributed by atoms with Crippen LogP contribution >= 0.6 is 0 Å². The standard InChI is InChI=1S/C16H22N2O2S/c1-3-11-18-12-9-14(10-13-18)17-15-7-5-6-8-16(15)21(19,20)4-2/h1,5-8,14,17H,4,9-13H2,2H3. The summed E-state index contributed by atoms with van der Waals surface area (Å²) in [5.74, 6) is 2.78. The van der Waals surface area contributed by atoms with Crippen molar-refractivity contribution >= 4 is 15.5 Å². The molecule has 0 bridgehead atoms. The number of piperidine rings is 1. The van der Waals surface area contributed by atoms with Gasteiger partial charge in [0.25, 0.3) is 0 Å². The molecule has 0 radical (unpaired) electrons. The lowest BCUT2D eigenvalue weighted by Gasteiger charge is -2.32. The summed E-state index contributed by atoms with van der Waals surface area (Å²) in [6, 6.07) is 7.45. The second-order valence-electron chi connectivity index (χ2n) is 5.30. The van der Waals surface area contributed by atoms with Crippen molar-refractivity contribution in [3.63, 3.8) is 0 Å². The summed E-state index contributed by atoms with van der Waals surface area (Å²) in [5.41, 5.74) is 0.717. The maximum Gasteiger partial charge on any atom is 0.180 e. The van der Waals surface area contributed by atoms with Crippen molar-refractivity contribution in [3.8, 4) is 12.3 Å². The smallest absolute Gasteiger partial charge is 0.180 e. The van der Waals surface area contributed by atoms with Crippen molar-refractivity contribution in [2.45, 2.75) is 30.7 Å². The quantitative estimate of drug-likeness (QED) is 0.845. The van der Waals surface area contributed by atoms with Gasteiger partial charge in [0, 0.05) is 19.1 Å². The third-order valence-electron chi connectivity index (χ3n) is 3.86. The number of benzene rings is 1. The zero-order chi connectivity index (χ0) is 15.3. The zero-order valence-corrected chi connectivity index (χ0v) is 13.2. The van der Waals surface area contributed by atoms with Gasteiger partial charge in [-0.1, -0.05) is 25.0 Å². The van der Waals surface area contributed by atoms with E-state index in [2.05, 4.69) is 16.1 Å². The van der Waals surface area contributed by atoms with Gasteiger partial charge in [0.2, 0.25) is 0 Å². The molecule has 1 aromatic rings. The van der Waals surface area contributed by atoms with Crippen LogP contribution in [0.25, 0.3) is 0 Å². The number of anilines is 1. The minimum atomic E-state index is -3.20. The van der Waals surface area contributed by atoms with Crippen LogP contribution in [0.4, 0.5) is 5.69 Å². The van der Waals surface area contributed by atoms with E-state index >= 15 is 0 Å². The van der Waals surface area contributed by atoms with Gasteiger partial charge in [0.05, 0.1) is 22.9 Å². The van der Waals surface area contributed by atoms with Crippen LogP contribution in [-0.4, -0.2) is 44.7 Å². The average molecular weight is 306 g/mol. The van der Waals surface area contributed by atoms with Crippen molar-refractivity contribution in [3.05, 3.63) is 24.3 Å². The molecule has 1 aliphatic rings. The van der Waals surface area contributed by atoms with Gasteiger partial charge in [-0.2, -0.15) is 0 Å². The van der Waals surface area contributed by atoms with E-state index in [1.54, 1.807) is 19.1 Å². The number of sulfone groups is 1. The monoisotopic (exact) mass is 306 g/mol. The molecule has 0 aromatic heterocycles. The van der Waals surface area contributed by atoms with Crippen LogP contribution in [-0.2, 0) is 9.84 Å². The first-order chi connectivity index (χ1) is 10.1. The molecular weight excluding hydrogens is 284 g/mol. The fraction of sp³-hybridized carbons (Fsp3) is 0.500. The van der Waals surface area contributed by atoms with Gasteiger partial charge in [-0.3, -0.25) is 4.90 Å². The Kier molecular flexibility index (Phi) is 5.27. The largest absolute Gasteiger partial charge is 0.381 e. The maximum atomic E-state index is 12.1. The van der Waals surface area contributed by atoms with E-state index in [9.17, 15) is 8.42 Å². The Bertz CT molecular complexity index is 611. The van der Waals surface area contributed by atoms with Crippen LogP contribution < -0.4 is 5.32 Å². The van der Waals surface area contributed by atoms with E-state index in [0.29, 0.717) is 17.5 Å². The van der Waals surface area contributed by atoms with Gasteiger partial charge in [-0.05, 0) is 25.0 Å². The fourth-order valence-corrected chi connectivity index (χ4v) is 3.66. The molecule has 114 valence electrons. The summed E-state index contributed by atoms with van der Waals surface area (Å²) >= 11 is 0. The maximum absolute atomic E-state index is 12.1. The van der Waals surface area contributed by atoms with Crippen molar-refractivity contribution < 1.29 is 8.42 Å². The van der Waals surface area contributed by atoms with Gasteiger partial charge >= 0.3 is 0 Å². The molecule has 0 spiro atoms. The van der Waals surface area contributed by atoms with E-state index in [0.717, 1.165) is 31.6 Å². The molecule has 0 aliphatic carbocycles. The number of rotatable bonds is 5. The van der Waals surface area contributed by atoms with E-state index in [1.165, 1.54) is 0 Å². The predicted octanol–water partition coefficient (Wildman–Crippen LogP) is 1.99. The Labute approximate surface area is 127 Å². The van der Waals surface area contributed by atoms with E-state index in [1.807, 2.05) is 12.1 Å². The first kappa shape index (κ1) is 15.9. The summed E-state index contributed by atoms with van der Waals surface area (Å²) in [6.45, 7) is 4.26. The first-order valence-electron chi connectivity index (χ1n) is 7.31. The highest BCUT2D eigenvalue weighted by molar-refractivity contribution is 7.91. The van der Waals surface area contributed by atoms with Gasteiger partial charge in [-0.25, -0.2) is 8.42 Å². The topological polar surface area (TPSA) is 49.4 Å². The molecule has 1 fully saturated rings. The van der Waals surface area contributed by atoms with Crippen molar-refractivity contribution in [1.82, 2.24) is 4.90 Å². The molecule has 0 saturated carbocycles. The normalized spacial score (nSPS) is 17.3. The highest BCUT2D eigenvalue weighted by atomic mass is 32.2. The molecule has 2 rings (SSSR count). The third-order valence-corrected chi connectivity index (χ3v) is 5.65. The Hall–Kier alpha value is -1.51. The molecule has 1 aromatic carbocycles. The fourth-order valence-electron chi connectivity index (χ4n) is 2.60. The molecule has 5 heteroatoms. The van der Waals surface area contributed by atoms with Crippen molar-refractivity contribution in [2.24, 2.45) is 0 Å². The van der Waals surface area contributed by atoms with Crippen LogP contribution in [0.3, 0.4) is 0 Å². The van der Waals surface area contributed by atoms with Crippen LogP contribution in [0.5, 0.6) is 0 Å². The zero-order valence-electron chi connectivity index (χ0n) is 12.4. The molecule has 4 nitrogen and oxygen atoms in total. The lowest BCUT2D eigenvalue weighted by Crippen LogP contribution is -2.39. The van der Waals surface area contributed by atoms with Gasteiger partial charge in [0.15, 0.2) is 9.84 Å². The lowest BCUT2D eigenvalue weighted by atomic mass is 10.0. The minimum absolute atomic E-state index is 0.117. The number of terminal acetylenes is 1. The minimum Gasteiger partial charge on any atom is -0.381 e. The molecular formula is C16H22N2O2S. The molecule has 1 aliphatic heterocycles. The number of nitrogens with one attached hydrogen (secondary N) is 1. The van der Waals surface area contributed by atoms with Crippen LogP contribution in [0.2, 0.25) is 0 Å². The number of nitrogens with zero attached hydrogens (tertiary/aromatic N) is 1. The SMILES string of the molecule is C#CCN1CCC(Nc2ccccc2S(=O)(=O)CC)CC1. The number of hydrogen-bond donors (Lipinski definition) is 1. The summed E-state index contributed by atoms with van der Waals surface area (Å²) < 4.78 is 24.3. The molecule has 21 heavy (non-hydrogen) atoms. The van der Waals surface area contributed by atoms with E-state index in [4.69, 9.17) is 6.42 Å². The highest BCUT2D eigenvalue weighted by Gasteiger charge is 2.21. The summed E-state index contributed by atoms with van der Waals surface area (Å²) in [7, 11) is -3.20. The Morgan fingerprint density at radius 2 is 2.00 bits per heavy atom. The van der Waals surface area contributed by atoms with Gasteiger partial charge in [0.1, 0.15) is 0 Å². The second-order valence-corrected chi connectivity index (χ2v) is 7.55. The van der Waals surface area contributed by atoms with Gasteiger partial charge < -0.3 is 5.32 Å². The Morgan fingerprint density at radius 3 is 2.62 bits per heavy atom. The molecule has 0 unspecified atom stereocenters. The summed E-state index contributed by atoms with van der Waals surface area (Å²) in [4.78, 5) is 2.64. The van der Waals surface area contributed by atoms with Crippen LogP contribution in [0.15, 0.2) is 29.2 Å². The number of hydrogen-bond acceptors (Lipinski definition) is 4.